The Labute approximate surface area is 147 Å². The van der Waals surface area contributed by atoms with Crippen LogP contribution in [-0.4, -0.2) is 28.3 Å². The molecule has 0 radical (unpaired) electrons. The number of hydrogen-bond acceptors (Lipinski definition) is 4. The molecule has 0 aliphatic carbocycles. The van der Waals surface area contributed by atoms with Crippen LogP contribution in [0.2, 0.25) is 0 Å². The molecule has 0 saturated carbocycles. The Kier molecular flexibility index (Phi) is 3.89. The van der Waals surface area contributed by atoms with Gasteiger partial charge >= 0.3 is 0 Å². The average molecular weight is 331 g/mol. The number of fused-ring (bicyclic) bond motifs is 1. The van der Waals surface area contributed by atoms with Crippen LogP contribution >= 0.6 is 0 Å². The number of benzene rings is 1. The largest absolute Gasteiger partial charge is 0.358 e. The highest BCUT2D eigenvalue weighted by molar-refractivity contribution is 5.80. The van der Waals surface area contributed by atoms with Crippen LogP contribution in [0.3, 0.4) is 0 Å². The number of aryl methyl sites for hydroxylation is 1. The number of hydrogen-bond donors (Lipinski definition) is 1. The summed E-state index contributed by atoms with van der Waals surface area (Å²) in [6.45, 7) is 5.64. The van der Waals surface area contributed by atoms with Crippen LogP contribution in [-0.2, 0) is 0 Å². The number of nitrogens with one attached hydrogen (secondary N) is 1. The number of piperidine rings is 1. The summed E-state index contributed by atoms with van der Waals surface area (Å²) in [5.41, 5.74) is 4.94. The Morgan fingerprint density at radius 3 is 2.64 bits per heavy atom. The summed E-state index contributed by atoms with van der Waals surface area (Å²) in [4.78, 5) is 5.77. The maximum Gasteiger partial charge on any atom is 0.169 e. The Bertz CT molecular complexity index is 925. The molecule has 1 aromatic carbocycles. The molecule has 0 unspecified atom stereocenters. The van der Waals surface area contributed by atoms with Crippen molar-refractivity contribution in [3.63, 3.8) is 0 Å². The van der Waals surface area contributed by atoms with Crippen LogP contribution in [0.25, 0.3) is 10.9 Å². The molecule has 4 rings (SSSR count). The molecule has 1 saturated heterocycles. The van der Waals surface area contributed by atoms with Crippen molar-refractivity contribution in [2.45, 2.75) is 32.6 Å². The third-order valence-electron chi connectivity index (χ3n) is 5.33. The van der Waals surface area contributed by atoms with Gasteiger partial charge in [0.15, 0.2) is 5.82 Å². The van der Waals surface area contributed by atoms with Crippen LogP contribution in [0.15, 0.2) is 30.3 Å². The molecule has 1 fully saturated rings. The minimum absolute atomic E-state index is 0.522. The van der Waals surface area contributed by atoms with E-state index in [9.17, 15) is 5.26 Å². The summed E-state index contributed by atoms with van der Waals surface area (Å²) in [5, 5.41) is 19.3. The van der Waals surface area contributed by atoms with Crippen molar-refractivity contribution in [2.24, 2.45) is 0 Å². The van der Waals surface area contributed by atoms with Crippen molar-refractivity contribution in [3.8, 4) is 6.07 Å². The van der Waals surface area contributed by atoms with Crippen molar-refractivity contribution < 1.29 is 0 Å². The molecular formula is C20H21N5. The fourth-order valence-electron chi connectivity index (χ4n) is 3.67. The molecule has 126 valence electrons. The second kappa shape index (κ2) is 6.21. The lowest BCUT2D eigenvalue weighted by molar-refractivity contribution is 0.494. The van der Waals surface area contributed by atoms with E-state index in [0.29, 0.717) is 11.5 Å². The van der Waals surface area contributed by atoms with E-state index in [1.165, 1.54) is 16.6 Å². The van der Waals surface area contributed by atoms with Crippen molar-refractivity contribution in [2.75, 3.05) is 18.0 Å². The zero-order valence-corrected chi connectivity index (χ0v) is 14.6. The number of nitrogens with zero attached hydrogens (tertiary/aromatic N) is 4. The lowest BCUT2D eigenvalue weighted by Crippen LogP contribution is -2.34. The number of aromatic amines is 1. The monoisotopic (exact) mass is 331 g/mol. The summed E-state index contributed by atoms with van der Waals surface area (Å²) in [5.74, 6) is 1.26. The minimum Gasteiger partial charge on any atom is -0.358 e. The molecule has 3 aromatic rings. The van der Waals surface area contributed by atoms with Gasteiger partial charge in [-0.05, 0) is 49.8 Å². The van der Waals surface area contributed by atoms with Crippen LogP contribution in [0.4, 0.5) is 5.82 Å². The minimum atomic E-state index is 0.522. The molecule has 0 spiro atoms. The van der Waals surface area contributed by atoms with Crippen molar-refractivity contribution >= 4 is 16.7 Å². The van der Waals surface area contributed by atoms with E-state index in [2.05, 4.69) is 56.5 Å². The van der Waals surface area contributed by atoms with Crippen LogP contribution in [0.5, 0.6) is 0 Å². The van der Waals surface area contributed by atoms with Gasteiger partial charge in [0, 0.05) is 30.2 Å². The topological polar surface area (TPSA) is 68.6 Å². The first-order valence-corrected chi connectivity index (χ1v) is 8.74. The number of rotatable bonds is 2. The second-order valence-electron chi connectivity index (χ2n) is 6.79. The van der Waals surface area contributed by atoms with Gasteiger partial charge in [0.1, 0.15) is 11.6 Å². The number of anilines is 1. The molecule has 1 aliphatic rings. The number of aromatic nitrogens is 3. The van der Waals surface area contributed by atoms with Gasteiger partial charge in [0.05, 0.1) is 5.69 Å². The second-order valence-corrected chi connectivity index (χ2v) is 6.79. The van der Waals surface area contributed by atoms with Gasteiger partial charge in [-0.1, -0.05) is 18.2 Å². The van der Waals surface area contributed by atoms with Gasteiger partial charge in [-0.15, -0.1) is 5.10 Å². The molecule has 0 bridgehead atoms. The quantitative estimate of drug-likeness (QED) is 0.775. The molecule has 2 aromatic heterocycles. The van der Waals surface area contributed by atoms with E-state index in [0.717, 1.165) is 43.0 Å². The van der Waals surface area contributed by atoms with E-state index < -0.39 is 0 Å². The molecule has 1 N–H and O–H groups in total. The normalized spacial score (nSPS) is 15.5. The van der Waals surface area contributed by atoms with E-state index in [1.807, 2.05) is 13.8 Å². The third kappa shape index (κ3) is 2.74. The predicted octanol–water partition coefficient (Wildman–Crippen LogP) is 3.83. The third-order valence-corrected chi connectivity index (χ3v) is 5.33. The molecule has 0 atom stereocenters. The number of para-hydroxylation sites is 1. The molecule has 25 heavy (non-hydrogen) atoms. The van der Waals surface area contributed by atoms with Gasteiger partial charge in [0.2, 0.25) is 0 Å². The zero-order chi connectivity index (χ0) is 17.4. The summed E-state index contributed by atoms with van der Waals surface area (Å²) in [6.07, 6.45) is 2.10. The van der Waals surface area contributed by atoms with Gasteiger partial charge in [-0.3, -0.25) is 0 Å². The van der Waals surface area contributed by atoms with Crippen molar-refractivity contribution in [1.82, 2.24) is 15.2 Å². The number of nitriles is 1. The summed E-state index contributed by atoms with van der Waals surface area (Å²) >= 11 is 0. The van der Waals surface area contributed by atoms with E-state index >= 15 is 0 Å². The highest BCUT2D eigenvalue weighted by Gasteiger charge is 2.25. The fourth-order valence-corrected chi connectivity index (χ4v) is 3.67. The van der Waals surface area contributed by atoms with Crippen LogP contribution in [0.1, 0.15) is 41.3 Å². The van der Waals surface area contributed by atoms with Gasteiger partial charge < -0.3 is 9.88 Å². The first-order chi connectivity index (χ1) is 12.2. The SMILES string of the molecule is Cc1nnc(N2CCC(c3cc4ccccc4[nH]3)CC2)c(C#N)c1C. The molecule has 0 amide bonds. The molecule has 5 heteroatoms. The maximum absolute atomic E-state index is 9.52. The Morgan fingerprint density at radius 1 is 1.16 bits per heavy atom. The smallest absolute Gasteiger partial charge is 0.169 e. The molecular weight excluding hydrogens is 310 g/mol. The standard InChI is InChI=1S/C20H21N5/c1-13-14(2)23-24-20(17(13)12-21)25-9-7-15(8-10-25)19-11-16-5-3-4-6-18(16)22-19/h3-6,11,15,22H,7-10H2,1-2H3. The van der Waals surface area contributed by atoms with Crippen molar-refractivity contribution in [3.05, 3.63) is 52.8 Å². The average Bonchev–Trinajstić information content (AvgIpc) is 3.08. The van der Waals surface area contributed by atoms with E-state index in [1.54, 1.807) is 0 Å². The van der Waals surface area contributed by atoms with Gasteiger partial charge in [-0.25, -0.2) is 0 Å². The first-order valence-electron chi connectivity index (χ1n) is 8.74. The highest BCUT2D eigenvalue weighted by atomic mass is 15.3. The molecule has 1 aliphatic heterocycles. The van der Waals surface area contributed by atoms with Gasteiger partial charge in [0.25, 0.3) is 0 Å². The lowest BCUT2D eigenvalue weighted by Gasteiger charge is -2.32. The predicted molar refractivity (Wildman–Crippen MR) is 98.7 cm³/mol. The van der Waals surface area contributed by atoms with Gasteiger partial charge in [-0.2, -0.15) is 10.4 Å². The highest BCUT2D eigenvalue weighted by Crippen LogP contribution is 2.32. The van der Waals surface area contributed by atoms with E-state index in [-0.39, 0.29) is 0 Å². The van der Waals surface area contributed by atoms with Crippen LogP contribution in [0, 0.1) is 25.2 Å². The summed E-state index contributed by atoms with van der Waals surface area (Å²) in [6, 6.07) is 13.0. The van der Waals surface area contributed by atoms with Crippen molar-refractivity contribution in [1.29, 1.82) is 5.26 Å². The lowest BCUT2D eigenvalue weighted by atomic mass is 9.93. The molecule has 3 heterocycles. The fraction of sp³-hybridized carbons (Fsp3) is 0.350. The first kappa shape index (κ1) is 15.6. The Morgan fingerprint density at radius 2 is 1.92 bits per heavy atom. The zero-order valence-electron chi connectivity index (χ0n) is 14.6. The maximum atomic E-state index is 9.52. The molecule has 5 nitrogen and oxygen atoms in total. The number of H-pyrrole nitrogens is 1. The van der Waals surface area contributed by atoms with Crippen LogP contribution < -0.4 is 4.90 Å². The summed E-state index contributed by atoms with van der Waals surface area (Å²) < 4.78 is 0. The summed E-state index contributed by atoms with van der Waals surface area (Å²) in [7, 11) is 0. The van der Waals surface area contributed by atoms with E-state index in [4.69, 9.17) is 0 Å². The Balaban J connectivity index is 1.54. The Hall–Kier alpha value is -2.87.